The first-order valence-electron chi connectivity index (χ1n) is 11.1. The average molecular weight is 487 g/mol. The van der Waals surface area contributed by atoms with Gasteiger partial charge in [-0.2, -0.15) is 0 Å². The van der Waals surface area contributed by atoms with Crippen molar-refractivity contribution < 1.29 is 19.7 Å². The van der Waals surface area contributed by atoms with Crippen molar-refractivity contribution in [3.8, 4) is 5.75 Å². The maximum absolute atomic E-state index is 11.9. The summed E-state index contributed by atoms with van der Waals surface area (Å²) in [6.45, 7) is 2.18. The number of thiazole rings is 1. The van der Waals surface area contributed by atoms with E-state index >= 15 is 0 Å². The van der Waals surface area contributed by atoms with Gasteiger partial charge in [0, 0.05) is 53.9 Å². The number of aliphatic hydroxyl groups excluding tert-OH is 1. The summed E-state index contributed by atoms with van der Waals surface area (Å²) in [4.78, 5) is 22.7. The number of aliphatic hydroxyl groups is 1. The van der Waals surface area contributed by atoms with Crippen LogP contribution in [0, 0.1) is 11.8 Å². The monoisotopic (exact) mass is 486 g/mol. The number of nitrogens with zero attached hydrogens (tertiary/aromatic N) is 3. The van der Waals surface area contributed by atoms with Crippen molar-refractivity contribution in [1.29, 1.82) is 0 Å². The quantitative estimate of drug-likeness (QED) is 0.437. The molecule has 0 aliphatic carbocycles. The van der Waals surface area contributed by atoms with E-state index in [4.69, 9.17) is 4.74 Å². The molecule has 1 aromatic carbocycles. The molecule has 4 rings (SSSR count). The number of carboxylic acid groups (broad SMARTS) is 1. The van der Waals surface area contributed by atoms with Crippen LogP contribution in [0.3, 0.4) is 0 Å². The number of carbonyl (C=O) groups is 1. The van der Waals surface area contributed by atoms with Crippen LogP contribution in [0.25, 0.3) is 10.9 Å². The number of pyridine rings is 1. The standard InChI is InChI=1S/C24H29N3O4S2/c1-31-17-3-4-21-19(14-17)18(6-8-25-21)22(28)5-2-16-7-10-27(15-20(16)23(29)30)11-13-33-24-26-9-12-32-24/h3-4,6,8-9,12,14,16,20,22,28H,2,5,7,10-11,13,15H2,1H3,(H,29,30)/p-1. The van der Waals surface area contributed by atoms with E-state index in [1.165, 1.54) is 0 Å². The second kappa shape index (κ2) is 11.3. The number of carboxylic acids is 1. The number of piperidine rings is 1. The minimum atomic E-state index is -0.995. The number of methoxy groups -OCH3 is 1. The molecule has 0 saturated carbocycles. The van der Waals surface area contributed by atoms with Gasteiger partial charge in [-0.1, -0.05) is 11.8 Å². The summed E-state index contributed by atoms with van der Waals surface area (Å²) in [5.74, 6) is 0.0716. The van der Waals surface area contributed by atoms with Crippen molar-refractivity contribution in [3.05, 3.63) is 47.6 Å². The van der Waals surface area contributed by atoms with E-state index in [0.29, 0.717) is 25.1 Å². The van der Waals surface area contributed by atoms with Gasteiger partial charge in [-0.15, -0.1) is 11.3 Å². The van der Waals surface area contributed by atoms with Crippen LogP contribution in [0.5, 0.6) is 5.75 Å². The van der Waals surface area contributed by atoms with E-state index in [0.717, 1.165) is 46.1 Å². The molecule has 0 bridgehead atoms. The maximum Gasteiger partial charge on any atom is 0.149 e. The van der Waals surface area contributed by atoms with Crippen molar-refractivity contribution in [2.75, 3.05) is 32.5 Å². The molecule has 9 heteroatoms. The molecular weight excluding hydrogens is 458 g/mol. The highest BCUT2D eigenvalue weighted by molar-refractivity contribution is 8.01. The Morgan fingerprint density at radius 1 is 1.36 bits per heavy atom. The fourth-order valence-electron chi connectivity index (χ4n) is 4.52. The van der Waals surface area contributed by atoms with E-state index in [1.54, 1.807) is 42.6 Å². The number of aromatic nitrogens is 2. The number of hydrogen-bond acceptors (Lipinski definition) is 9. The first kappa shape index (κ1) is 23.9. The first-order valence-corrected chi connectivity index (χ1v) is 13.0. The van der Waals surface area contributed by atoms with Crippen molar-refractivity contribution in [1.82, 2.24) is 14.9 Å². The van der Waals surface area contributed by atoms with Crippen LogP contribution < -0.4 is 9.84 Å². The predicted molar refractivity (Wildman–Crippen MR) is 128 cm³/mol. The third-order valence-electron chi connectivity index (χ3n) is 6.34. The fourth-order valence-corrected chi connectivity index (χ4v) is 6.23. The van der Waals surface area contributed by atoms with Crippen molar-refractivity contribution in [2.45, 2.75) is 29.7 Å². The molecule has 1 N–H and O–H groups in total. The topological polar surface area (TPSA) is 98.6 Å². The number of rotatable bonds is 10. The van der Waals surface area contributed by atoms with Gasteiger partial charge >= 0.3 is 0 Å². The van der Waals surface area contributed by atoms with Crippen LogP contribution >= 0.6 is 23.1 Å². The Bertz CT molecular complexity index is 1060. The summed E-state index contributed by atoms with van der Waals surface area (Å²) in [7, 11) is 1.61. The third-order valence-corrected chi connectivity index (χ3v) is 8.28. The molecule has 1 fully saturated rings. The maximum atomic E-state index is 11.9. The summed E-state index contributed by atoms with van der Waals surface area (Å²) in [5, 5.41) is 25.7. The first-order chi connectivity index (χ1) is 16.0. The Kier molecular flexibility index (Phi) is 8.19. The number of carbonyl (C=O) groups excluding carboxylic acids is 1. The van der Waals surface area contributed by atoms with E-state index in [9.17, 15) is 15.0 Å². The number of hydrogen-bond donors (Lipinski definition) is 1. The van der Waals surface area contributed by atoms with Gasteiger partial charge in [-0.3, -0.25) is 4.98 Å². The van der Waals surface area contributed by atoms with Crippen LogP contribution in [-0.2, 0) is 4.79 Å². The van der Waals surface area contributed by atoms with Gasteiger partial charge in [0.25, 0.3) is 0 Å². The van der Waals surface area contributed by atoms with Crippen LogP contribution in [0.1, 0.15) is 30.9 Å². The van der Waals surface area contributed by atoms with Crippen molar-refractivity contribution >= 4 is 40.0 Å². The lowest BCUT2D eigenvalue weighted by molar-refractivity contribution is -0.314. The van der Waals surface area contributed by atoms with Gasteiger partial charge < -0.3 is 24.6 Å². The van der Waals surface area contributed by atoms with Gasteiger partial charge in [0.15, 0.2) is 0 Å². The zero-order valence-corrected chi connectivity index (χ0v) is 20.2. The van der Waals surface area contributed by atoms with Gasteiger partial charge in [0.1, 0.15) is 10.1 Å². The Morgan fingerprint density at radius 2 is 2.24 bits per heavy atom. The number of thioether (sulfide) groups is 1. The Labute approximate surface area is 201 Å². The van der Waals surface area contributed by atoms with Crippen molar-refractivity contribution in [3.63, 3.8) is 0 Å². The summed E-state index contributed by atoms with van der Waals surface area (Å²) in [6, 6.07) is 7.43. The van der Waals surface area contributed by atoms with Crippen molar-refractivity contribution in [2.24, 2.45) is 11.8 Å². The molecule has 2 aromatic heterocycles. The number of benzene rings is 1. The largest absolute Gasteiger partial charge is 0.550 e. The van der Waals surface area contributed by atoms with Gasteiger partial charge in [-0.05, 0) is 61.6 Å². The lowest BCUT2D eigenvalue weighted by atomic mass is 9.81. The summed E-state index contributed by atoms with van der Waals surface area (Å²) in [5.41, 5.74) is 1.59. The van der Waals surface area contributed by atoms with Crippen LogP contribution in [-0.4, -0.2) is 58.4 Å². The zero-order valence-electron chi connectivity index (χ0n) is 18.6. The summed E-state index contributed by atoms with van der Waals surface area (Å²) in [6.07, 6.45) is 4.71. The van der Waals surface area contributed by atoms with E-state index in [2.05, 4.69) is 14.9 Å². The number of fused-ring (bicyclic) bond motifs is 1. The summed E-state index contributed by atoms with van der Waals surface area (Å²) < 4.78 is 6.36. The lowest BCUT2D eigenvalue weighted by Gasteiger charge is -2.39. The molecule has 33 heavy (non-hydrogen) atoms. The molecule has 3 heterocycles. The van der Waals surface area contributed by atoms with Crippen LogP contribution in [0.2, 0.25) is 0 Å². The molecule has 1 aliphatic heterocycles. The van der Waals surface area contributed by atoms with Gasteiger partial charge in [0.2, 0.25) is 0 Å². The Hall–Kier alpha value is -2.20. The molecule has 7 nitrogen and oxygen atoms in total. The van der Waals surface area contributed by atoms with E-state index < -0.39 is 18.0 Å². The molecule has 3 aromatic rings. The minimum Gasteiger partial charge on any atom is -0.550 e. The second-order valence-corrected chi connectivity index (χ2v) is 10.5. The molecule has 1 aliphatic rings. The highest BCUT2D eigenvalue weighted by atomic mass is 32.2. The molecule has 0 spiro atoms. The highest BCUT2D eigenvalue weighted by Crippen LogP contribution is 2.33. The molecule has 176 valence electrons. The Balaban J connectivity index is 1.34. The predicted octanol–water partition coefficient (Wildman–Crippen LogP) is 2.99. The molecule has 3 unspecified atom stereocenters. The third kappa shape index (κ3) is 6.03. The smallest absolute Gasteiger partial charge is 0.149 e. The van der Waals surface area contributed by atoms with Crippen LogP contribution in [0.4, 0.5) is 0 Å². The Morgan fingerprint density at radius 3 is 3.00 bits per heavy atom. The van der Waals surface area contributed by atoms with E-state index in [-0.39, 0.29) is 5.92 Å². The van der Waals surface area contributed by atoms with Crippen LogP contribution in [0.15, 0.2) is 46.4 Å². The minimum absolute atomic E-state index is 0.00449. The molecule has 1 saturated heterocycles. The normalized spacial score (nSPS) is 20.1. The van der Waals surface area contributed by atoms with E-state index in [1.807, 2.05) is 29.6 Å². The zero-order chi connectivity index (χ0) is 23.2. The number of ether oxygens (including phenoxy) is 1. The molecule has 0 radical (unpaired) electrons. The molecular formula is C24H28N3O4S2-. The number of aliphatic carboxylic acids is 1. The fraction of sp³-hybridized carbons (Fsp3) is 0.458. The molecule has 0 amide bonds. The number of likely N-dealkylation sites (tertiary alicyclic amines) is 1. The highest BCUT2D eigenvalue weighted by Gasteiger charge is 2.30. The summed E-state index contributed by atoms with van der Waals surface area (Å²) >= 11 is 3.32. The lowest BCUT2D eigenvalue weighted by Crippen LogP contribution is -2.49. The second-order valence-electron chi connectivity index (χ2n) is 8.30. The SMILES string of the molecule is COc1ccc2nccc(C(O)CCC3CCN(CCSc4nccs4)CC3C(=O)[O-])c2c1. The van der Waals surface area contributed by atoms with Gasteiger partial charge in [-0.25, -0.2) is 4.98 Å². The average Bonchev–Trinajstić information content (AvgIpc) is 3.35. The molecule has 3 atom stereocenters. The van der Waals surface area contributed by atoms with Gasteiger partial charge in [0.05, 0.1) is 18.7 Å².